The molecule has 30 heavy (non-hydrogen) atoms. The molecule has 0 bridgehead atoms. The van der Waals surface area contributed by atoms with Gasteiger partial charge >= 0.3 is 0 Å². The highest BCUT2D eigenvalue weighted by atomic mass is 35.5. The Labute approximate surface area is 178 Å². The Hall–Kier alpha value is -3.00. The minimum Gasteiger partial charge on any atom is -0.335 e. The normalized spacial score (nSPS) is 14.4. The molecule has 9 heteroatoms. The van der Waals surface area contributed by atoms with Crippen LogP contribution in [0.25, 0.3) is 11.0 Å². The van der Waals surface area contributed by atoms with Crippen LogP contribution in [-0.4, -0.2) is 62.6 Å². The lowest BCUT2D eigenvalue weighted by Crippen LogP contribution is -2.50. The molecule has 0 unspecified atom stereocenters. The molecule has 1 aliphatic rings. The van der Waals surface area contributed by atoms with Crippen LogP contribution in [0.2, 0.25) is 5.02 Å². The highest BCUT2D eigenvalue weighted by Gasteiger charge is 2.28. The molecule has 4 rings (SSSR count). The summed E-state index contributed by atoms with van der Waals surface area (Å²) in [6.07, 6.45) is 0. The number of hydrogen-bond donors (Lipinski definition) is 0. The van der Waals surface area contributed by atoms with Gasteiger partial charge in [0.15, 0.2) is 5.65 Å². The van der Waals surface area contributed by atoms with Gasteiger partial charge in [-0.25, -0.2) is 9.37 Å². The number of fused-ring (bicyclic) bond motifs is 1. The van der Waals surface area contributed by atoms with Crippen LogP contribution in [0.3, 0.4) is 0 Å². The number of pyridine rings is 1. The zero-order valence-electron chi connectivity index (χ0n) is 16.9. The largest absolute Gasteiger partial charge is 0.335 e. The zero-order valence-corrected chi connectivity index (χ0v) is 17.7. The van der Waals surface area contributed by atoms with Crippen molar-refractivity contribution in [1.29, 1.82) is 0 Å². The first-order valence-corrected chi connectivity index (χ1v) is 9.98. The van der Waals surface area contributed by atoms with E-state index >= 15 is 0 Å². The molecule has 0 aliphatic carbocycles. The van der Waals surface area contributed by atoms with Crippen molar-refractivity contribution < 1.29 is 14.0 Å². The maximum absolute atomic E-state index is 14.0. The van der Waals surface area contributed by atoms with Crippen molar-refractivity contribution >= 4 is 34.4 Å². The molecule has 2 amide bonds. The van der Waals surface area contributed by atoms with E-state index in [0.29, 0.717) is 42.5 Å². The van der Waals surface area contributed by atoms with Crippen LogP contribution in [0.1, 0.15) is 32.1 Å². The molecule has 1 saturated heterocycles. The van der Waals surface area contributed by atoms with E-state index in [4.69, 9.17) is 11.6 Å². The van der Waals surface area contributed by atoms with Crippen LogP contribution in [0.15, 0.2) is 24.3 Å². The van der Waals surface area contributed by atoms with Crippen molar-refractivity contribution in [2.24, 2.45) is 7.05 Å². The number of aromatic nitrogens is 3. The second-order valence-electron chi connectivity index (χ2n) is 7.41. The Kier molecular flexibility index (Phi) is 5.19. The first-order chi connectivity index (χ1) is 14.3. The molecular weight excluding hydrogens is 409 g/mol. The summed E-state index contributed by atoms with van der Waals surface area (Å²) >= 11 is 5.90. The summed E-state index contributed by atoms with van der Waals surface area (Å²) in [5, 5.41) is 5.51. The summed E-state index contributed by atoms with van der Waals surface area (Å²) in [6, 6.07) is 5.75. The first kappa shape index (κ1) is 20.3. The van der Waals surface area contributed by atoms with Gasteiger partial charge in [-0.05, 0) is 38.1 Å². The van der Waals surface area contributed by atoms with Gasteiger partial charge in [0.05, 0.1) is 22.5 Å². The monoisotopic (exact) mass is 429 g/mol. The van der Waals surface area contributed by atoms with Crippen molar-refractivity contribution in [3.63, 3.8) is 0 Å². The van der Waals surface area contributed by atoms with E-state index in [-0.39, 0.29) is 11.5 Å². The maximum Gasteiger partial charge on any atom is 0.257 e. The molecule has 0 N–H and O–H groups in total. The number of nitrogens with zero attached hydrogens (tertiary/aromatic N) is 5. The van der Waals surface area contributed by atoms with E-state index in [1.165, 1.54) is 23.1 Å². The van der Waals surface area contributed by atoms with E-state index in [0.717, 1.165) is 16.7 Å². The lowest BCUT2D eigenvalue weighted by molar-refractivity contribution is 0.0532. The number of aryl methyl sites for hydroxylation is 3. The van der Waals surface area contributed by atoms with E-state index in [2.05, 4.69) is 10.1 Å². The summed E-state index contributed by atoms with van der Waals surface area (Å²) in [4.78, 5) is 33.6. The summed E-state index contributed by atoms with van der Waals surface area (Å²) < 4.78 is 15.7. The first-order valence-electron chi connectivity index (χ1n) is 9.61. The van der Waals surface area contributed by atoms with Crippen molar-refractivity contribution in [1.82, 2.24) is 24.6 Å². The second kappa shape index (κ2) is 7.68. The fourth-order valence-electron chi connectivity index (χ4n) is 3.76. The van der Waals surface area contributed by atoms with Crippen molar-refractivity contribution in [3.8, 4) is 0 Å². The number of piperazine rings is 1. The summed E-state index contributed by atoms with van der Waals surface area (Å²) in [6.45, 7) is 5.03. The Morgan fingerprint density at radius 1 is 0.967 bits per heavy atom. The Balaban J connectivity index is 1.50. The molecule has 3 aromatic rings. The van der Waals surface area contributed by atoms with E-state index in [1.807, 2.05) is 20.0 Å². The third kappa shape index (κ3) is 3.52. The van der Waals surface area contributed by atoms with Crippen LogP contribution < -0.4 is 0 Å². The number of hydrogen-bond acceptors (Lipinski definition) is 4. The zero-order chi connectivity index (χ0) is 21.6. The lowest BCUT2D eigenvalue weighted by Gasteiger charge is -2.35. The van der Waals surface area contributed by atoms with Gasteiger partial charge in [-0.3, -0.25) is 14.3 Å². The number of rotatable bonds is 2. The molecule has 1 aliphatic heterocycles. The fraction of sp³-hybridized carbons (Fsp3) is 0.333. The minimum atomic E-state index is -0.607. The quantitative estimate of drug-likeness (QED) is 0.628. The molecule has 0 atom stereocenters. The highest BCUT2D eigenvalue weighted by Crippen LogP contribution is 2.22. The molecule has 0 saturated carbocycles. The molecule has 1 aromatic carbocycles. The third-order valence-electron chi connectivity index (χ3n) is 5.43. The molecule has 0 radical (unpaired) electrons. The number of carbonyl (C=O) groups excluding carboxylic acids is 2. The smallest absolute Gasteiger partial charge is 0.257 e. The van der Waals surface area contributed by atoms with Gasteiger partial charge in [-0.1, -0.05) is 11.6 Å². The highest BCUT2D eigenvalue weighted by molar-refractivity contribution is 6.31. The fourth-order valence-corrected chi connectivity index (χ4v) is 3.94. The Bertz CT molecular complexity index is 1170. The third-order valence-corrected chi connectivity index (χ3v) is 5.67. The van der Waals surface area contributed by atoms with Crippen molar-refractivity contribution in [2.45, 2.75) is 13.8 Å². The van der Waals surface area contributed by atoms with Gasteiger partial charge in [0.25, 0.3) is 11.8 Å². The predicted molar refractivity (Wildman–Crippen MR) is 111 cm³/mol. The summed E-state index contributed by atoms with van der Waals surface area (Å²) in [5.41, 5.74) is 2.66. The summed E-state index contributed by atoms with van der Waals surface area (Å²) in [5.74, 6) is -1.16. The van der Waals surface area contributed by atoms with E-state index < -0.39 is 11.7 Å². The Morgan fingerprint density at radius 3 is 2.20 bits per heavy atom. The average Bonchev–Trinajstić information content (AvgIpc) is 3.01. The number of carbonyl (C=O) groups is 2. The van der Waals surface area contributed by atoms with Crippen LogP contribution in [0.4, 0.5) is 4.39 Å². The molecule has 1 fully saturated rings. The van der Waals surface area contributed by atoms with Crippen LogP contribution in [0.5, 0.6) is 0 Å². The second-order valence-corrected chi connectivity index (χ2v) is 7.85. The topological polar surface area (TPSA) is 71.3 Å². The van der Waals surface area contributed by atoms with E-state index in [9.17, 15) is 14.0 Å². The lowest BCUT2D eigenvalue weighted by atomic mass is 10.1. The standard InChI is InChI=1S/C21H21ClFN5O2/c1-12-16(11-15-13(2)25-26(3)19(15)24-12)20(29)27-6-8-28(9-7-27)21(30)17-10-14(22)4-5-18(17)23/h4-5,10-11H,6-9H2,1-3H3. The Morgan fingerprint density at radius 2 is 1.57 bits per heavy atom. The predicted octanol–water partition coefficient (Wildman–Crippen LogP) is 2.98. The number of halogens is 2. The summed E-state index contributed by atoms with van der Waals surface area (Å²) in [7, 11) is 1.82. The molecule has 156 valence electrons. The van der Waals surface area contributed by atoms with Gasteiger partial charge in [-0.15, -0.1) is 0 Å². The molecule has 2 aromatic heterocycles. The van der Waals surface area contributed by atoms with Crippen LogP contribution in [0, 0.1) is 19.7 Å². The van der Waals surface area contributed by atoms with Gasteiger partial charge in [0.1, 0.15) is 5.82 Å². The van der Waals surface area contributed by atoms with E-state index in [1.54, 1.807) is 16.5 Å². The van der Waals surface area contributed by atoms with Gasteiger partial charge in [-0.2, -0.15) is 5.10 Å². The molecule has 3 heterocycles. The number of amides is 2. The average molecular weight is 430 g/mol. The maximum atomic E-state index is 14.0. The molecular formula is C21H21ClFN5O2. The minimum absolute atomic E-state index is 0.0557. The molecule has 7 nitrogen and oxygen atoms in total. The SMILES string of the molecule is Cc1nc2c(cc1C(=O)N1CCN(C(=O)c3cc(Cl)ccc3F)CC1)c(C)nn2C. The van der Waals surface area contributed by atoms with Crippen molar-refractivity contribution in [3.05, 3.63) is 57.6 Å². The van der Waals surface area contributed by atoms with Gasteiger partial charge in [0, 0.05) is 43.6 Å². The van der Waals surface area contributed by atoms with Crippen molar-refractivity contribution in [2.75, 3.05) is 26.2 Å². The number of benzene rings is 1. The van der Waals surface area contributed by atoms with Crippen LogP contribution in [-0.2, 0) is 7.05 Å². The molecule has 0 spiro atoms. The van der Waals surface area contributed by atoms with Gasteiger partial charge in [0.2, 0.25) is 0 Å². The van der Waals surface area contributed by atoms with Gasteiger partial charge < -0.3 is 9.80 Å². The van der Waals surface area contributed by atoms with Crippen LogP contribution >= 0.6 is 11.6 Å².